The average Bonchev–Trinajstić information content (AvgIpc) is 2.26. The number of rotatable bonds is 10. The van der Waals surface area contributed by atoms with Crippen LogP contribution < -0.4 is 0 Å². The van der Waals surface area contributed by atoms with Crippen molar-refractivity contribution < 1.29 is 4.74 Å². The predicted molar refractivity (Wildman–Crippen MR) is 72.8 cm³/mol. The van der Waals surface area contributed by atoms with Gasteiger partial charge in [-0.15, -0.1) is 0 Å². The van der Waals surface area contributed by atoms with Gasteiger partial charge in [0.15, 0.2) is 0 Å². The molecule has 0 aromatic carbocycles. The largest absolute Gasteiger partial charge is 0.378 e. The van der Waals surface area contributed by atoms with Crippen molar-refractivity contribution in [3.63, 3.8) is 0 Å². The molecular weight excluding hydrogens is 196 g/mol. The summed E-state index contributed by atoms with van der Waals surface area (Å²) in [5.41, 5.74) is 0. The summed E-state index contributed by atoms with van der Waals surface area (Å²) in [6.07, 6.45) is 8.14. The van der Waals surface area contributed by atoms with Crippen molar-refractivity contribution in [2.75, 3.05) is 6.61 Å². The molecule has 0 N–H and O–H groups in total. The molecule has 0 aliphatic heterocycles. The monoisotopic (exact) mass is 228 g/mol. The van der Waals surface area contributed by atoms with Gasteiger partial charge in [-0.25, -0.2) is 0 Å². The van der Waals surface area contributed by atoms with E-state index < -0.39 is 0 Å². The van der Waals surface area contributed by atoms with Crippen molar-refractivity contribution in [1.29, 1.82) is 0 Å². The van der Waals surface area contributed by atoms with Crippen LogP contribution in [0.25, 0.3) is 0 Å². The lowest BCUT2D eigenvalue weighted by molar-refractivity contribution is 0.0480. The minimum Gasteiger partial charge on any atom is -0.378 e. The van der Waals surface area contributed by atoms with Crippen LogP contribution in [0.2, 0.25) is 0 Å². The first-order valence-electron chi connectivity index (χ1n) is 7.21. The first-order valence-corrected chi connectivity index (χ1v) is 7.21. The quantitative estimate of drug-likeness (QED) is 0.509. The Morgan fingerprint density at radius 3 is 2.06 bits per heavy atom. The van der Waals surface area contributed by atoms with Gasteiger partial charge in [0.05, 0.1) is 6.10 Å². The Morgan fingerprint density at radius 1 is 0.812 bits per heavy atom. The highest BCUT2D eigenvalue weighted by Gasteiger charge is 2.07. The fourth-order valence-corrected chi connectivity index (χ4v) is 1.91. The van der Waals surface area contributed by atoms with E-state index in [9.17, 15) is 0 Å². The Hall–Kier alpha value is -0.0400. The van der Waals surface area contributed by atoms with E-state index in [4.69, 9.17) is 4.74 Å². The van der Waals surface area contributed by atoms with Gasteiger partial charge in [0.25, 0.3) is 0 Å². The van der Waals surface area contributed by atoms with Crippen LogP contribution in [0, 0.1) is 11.8 Å². The van der Waals surface area contributed by atoms with E-state index in [-0.39, 0.29) is 0 Å². The Balaban J connectivity index is 3.40. The third-order valence-corrected chi connectivity index (χ3v) is 3.56. The van der Waals surface area contributed by atoms with Crippen LogP contribution in [0.5, 0.6) is 0 Å². The summed E-state index contributed by atoms with van der Waals surface area (Å²) in [7, 11) is 0. The maximum atomic E-state index is 5.84. The molecule has 0 aromatic rings. The summed E-state index contributed by atoms with van der Waals surface area (Å²) in [6.45, 7) is 12.3. The fourth-order valence-electron chi connectivity index (χ4n) is 1.91. The Bertz CT molecular complexity index is 144. The van der Waals surface area contributed by atoms with Crippen LogP contribution in [0.3, 0.4) is 0 Å². The summed E-state index contributed by atoms with van der Waals surface area (Å²) >= 11 is 0. The second kappa shape index (κ2) is 10.1. The van der Waals surface area contributed by atoms with Gasteiger partial charge in [-0.05, 0) is 38.0 Å². The zero-order valence-corrected chi connectivity index (χ0v) is 12.1. The Labute approximate surface area is 103 Å². The third-order valence-electron chi connectivity index (χ3n) is 3.56. The van der Waals surface area contributed by atoms with Crippen molar-refractivity contribution in [2.24, 2.45) is 11.8 Å². The molecule has 1 nitrogen and oxygen atoms in total. The zero-order valence-electron chi connectivity index (χ0n) is 12.1. The maximum Gasteiger partial charge on any atom is 0.0547 e. The average molecular weight is 228 g/mol. The predicted octanol–water partition coefficient (Wildman–Crippen LogP) is 5.04. The second-order valence-electron chi connectivity index (χ2n) is 5.45. The fraction of sp³-hybridized carbons (Fsp3) is 1.00. The molecule has 3 atom stereocenters. The van der Waals surface area contributed by atoms with Gasteiger partial charge >= 0.3 is 0 Å². The first-order chi connectivity index (χ1) is 7.60. The Kier molecular flexibility index (Phi) is 10.1. The van der Waals surface area contributed by atoms with Crippen LogP contribution in [0.1, 0.15) is 73.1 Å². The molecule has 16 heavy (non-hydrogen) atoms. The maximum absolute atomic E-state index is 5.84. The molecule has 0 aromatic heterocycles. The van der Waals surface area contributed by atoms with Crippen LogP contribution in [0.15, 0.2) is 0 Å². The molecule has 0 radical (unpaired) electrons. The number of hydrogen-bond acceptors (Lipinski definition) is 1. The molecule has 0 rings (SSSR count). The summed E-state index contributed by atoms with van der Waals surface area (Å²) in [5, 5.41) is 0. The topological polar surface area (TPSA) is 9.23 Å². The highest BCUT2D eigenvalue weighted by Crippen LogP contribution is 2.15. The summed E-state index contributed by atoms with van der Waals surface area (Å²) in [6, 6.07) is 0. The van der Waals surface area contributed by atoms with Crippen LogP contribution in [-0.4, -0.2) is 12.7 Å². The normalized spacial score (nSPS) is 17.1. The van der Waals surface area contributed by atoms with Crippen molar-refractivity contribution >= 4 is 0 Å². The summed E-state index contributed by atoms with van der Waals surface area (Å²) < 4.78 is 5.84. The molecule has 0 saturated carbocycles. The molecule has 0 amide bonds. The van der Waals surface area contributed by atoms with E-state index in [0.717, 1.165) is 18.4 Å². The molecule has 0 spiro atoms. The van der Waals surface area contributed by atoms with Crippen LogP contribution in [0.4, 0.5) is 0 Å². The van der Waals surface area contributed by atoms with Crippen molar-refractivity contribution in [3.05, 3.63) is 0 Å². The van der Waals surface area contributed by atoms with Gasteiger partial charge in [0.1, 0.15) is 0 Å². The van der Waals surface area contributed by atoms with E-state index in [1.807, 2.05) is 0 Å². The van der Waals surface area contributed by atoms with E-state index in [1.165, 1.54) is 38.5 Å². The highest BCUT2D eigenvalue weighted by atomic mass is 16.5. The highest BCUT2D eigenvalue weighted by molar-refractivity contribution is 4.58. The summed E-state index contributed by atoms with van der Waals surface area (Å²) in [5.74, 6) is 1.68. The molecule has 1 heteroatoms. The number of ether oxygens (including phenoxy) is 1. The van der Waals surface area contributed by atoms with Gasteiger partial charge in [-0.1, -0.05) is 47.0 Å². The number of hydrogen-bond donors (Lipinski definition) is 0. The Morgan fingerprint density at radius 2 is 1.50 bits per heavy atom. The van der Waals surface area contributed by atoms with Crippen molar-refractivity contribution in [3.8, 4) is 0 Å². The van der Waals surface area contributed by atoms with E-state index in [1.54, 1.807) is 0 Å². The van der Waals surface area contributed by atoms with Crippen molar-refractivity contribution in [2.45, 2.75) is 79.2 Å². The van der Waals surface area contributed by atoms with Gasteiger partial charge in [0.2, 0.25) is 0 Å². The first kappa shape index (κ1) is 16.0. The molecule has 0 aliphatic rings. The standard InChI is InChI=1S/C15H32O/c1-6-8-14(4)9-10-15(5)16-12-11-13(3)7-2/h13-15H,6-12H2,1-5H3. The second-order valence-corrected chi connectivity index (χ2v) is 5.45. The molecule has 0 bridgehead atoms. The van der Waals surface area contributed by atoms with Crippen LogP contribution in [-0.2, 0) is 4.74 Å². The van der Waals surface area contributed by atoms with Gasteiger partial charge in [-0.3, -0.25) is 0 Å². The smallest absolute Gasteiger partial charge is 0.0547 e. The van der Waals surface area contributed by atoms with E-state index in [0.29, 0.717) is 6.10 Å². The summed E-state index contributed by atoms with van der Waals surface area (Å²) in [4.78, 5) is 0. The van der Waals surface area contributed by atoms with Gasteiger partial charge in [-0.2, -0.15) is 0 Å². The molecule has 3 unspecified atom stereocenters. The molecular formula is C15H32O. The van der Waals surface area contributed by atoms with Crippen molar-refractivity contribution in [1.82, 2.24) is 0 Å². The third kappa shape index (κ3) is 9.21. The molecule has 0 fully saturated rings. The van der Waals surface area contributed by atoms with E-state index in [2.05, 4.69) is 34.6 Å². The lowest BCUT2D eigenvalue weighted by Crippen LogP contribution is -2.12. The molecule has 0 heterocycles. The van der Waals surface area contributed by atoms with E-state index >= 15 is 0 Å². The lowest BCUT2D eigenvalue weighted by Gasteiger charge is -2.17. The molecule has 0 saturated heterocycles. The van der Waals surface area contributed by atoms with Gasteiger partial charge < -0.3 is 4.74 Å². The minimum atomic E-state index is 0.448. The SMILES string of the molecule is CCCC(C)CCC(C)OCCC(C)CC. The minimum absolute atomic E-state index is 0.448. The lowest BCUT2D eigenvalue weighted by atomic mass is 9.99. The zero-order chi connectivity index (χ0) is 12.4. The molecule has 0 aliphatic carbocycles. The molecule has 98 valence electrons. The van der Waals surface area contributed by atoms with Gasteiger partial charge in [0, 0.05) is 6.61 Å². The van der Waals surface area contributed by atoms with Crippen LogP contribution >= 0.6 is 0 Å².